The number of nitrogens with one attached hydrogen (secondary N) is 1. The van der Waals surface area contributed by atoms with Crippen molar-refractivity contribution in [1.29, 1.82) is 0 Å². The molecule has 1 amide bonds. The summed E-state index contributed by atoms with van der Waals surface area (Å²) >= 11 is 0. The minimum Gasteiger partial charge on any atom is -0.497 e. The molecule has 0 atom stereocenters. The molecule has 0 aliphatic heterocycles. The highest BCUT2D eigenvalue weighted by atomic mass is 16.5. The molecule has 30 heavy (non-hydrogen) atoms. The lowest BCUT2D eigenvalue weighted by atomic mass is 9.87. The number of carbonyl (C=O) groups is 1. The molecule has 0 radical (unpaired) electrons. The third-order valence-electron chi connectivity index (χ3n) is 4.48. The summed E-state index contributed by atoms with van der Waals surface area (Å²) in [5.74, 6) is 1.80. The summed E-state index contributed by atoms with van der Waals surface area (Å²) in [6.45, 7) is 6.73. The van der Waals surface area contributed by atoms with Gasteiger partial charge in [-0.3, -0.25) is 4.79 Å². The highest BCUT2D eigenvalue weighted by molar-refractivity contribution is 5.92. The van der Waals surface area contributed by atoms with E-state index in [-0.39, 0.29) is 17.8 Å². The molecule has 0 fully saturated rings. The highest BCUT2D eigenvalue weighted by Crippen LogP contribution is 2.24. The first-order valence-corrected chi connectivity index (χ1v) is 9.64. The Labute approximate surface area is 176 Å². The van der Waals surface area contributed by atoms with E-state index in [9.17, 15) is 4.79 Å². The molecular formula is C24H26N2O4. The molecule has 1 heterocycles. The fourth-order valence-corrected chi connectivity index (χ4v) is 2.69. The Balaban J connectivity index is 1.51. The standard InChI is InChI=1S/C24H26N2O4/c1-24(2,3)18-7-11-20(12-8-18)29-16-21-13-14-22(30-21)23(27)26-25-15-17-5-9-19(28-4)10-6-17/h5-15H,16H2,1-4H3,(H,26,27)/b25-15-. The third kappa shape index (κ3) is 5.73. The number of rotatable bonds is 7. The number of ether oxygens (including phenoxy) is 2. The van der Waals surface area contributed by atoms with Gasteiger partial charge in [0.05, 0.1) is 13.3 Å². The second kappa shape index (κ2) is 9.31. The molecule has 156 valence electrons. The lowest BCUT2D eigenvalue weighted by Crippen LogP contribution is -2.16. The number of amides is 1. The molecule has 0 bridgehead atoms. The van der Waals surface area contributed by atoms with Crippen molar-refractivity contribution in [3.63, 3.8) is 0 Å². The number of methoxy groups -OCH3 is 1. The van der Waals surface area contributed by atoms with Crippen LogP contribution in [0.1, 0.15) is 48.2 Å². The van der Waals surface area contributed by atoms with Gasteiger partial charge in [-0.1, -0.05) is 32.9 Å². The van der Waals surface area contributed by atoms with Gasteiger partial charge in [0.15, 0.2) is 5.76 Å². The van der Waals surface area contributed by atoms with Gasteiger partial charge in [0.25, 0.3) is 0 Å². The zero-order chi connectivity index (χ0) is 21.6. The Morgan fingerprint density at radius 3 is 2.30 bits per heavy atom. The van der Waals surface area contributed by atoms with Gasteiger partial charge in [-0.2, -0.15) is 5.10 Å². The van der Waals surface area contributed by atoms with Crippen LogP contribution in [0.2, 0.25) is 0 Å². The summed E-state index contributed by atoms with van der Waals surface area (Å²) in [7, 11) is 1.61. The Morgan fingerprint density at radius 1 is 1.00 bits per heavy atom. The van der Waals surface area contributed by atoms with Crippen LogP contribution in [0.15, 0.2) is 70.2 Å². The number of hydrazone groups is 1. The van der Waals surface area contributed by atoms with Gasteiger partial charge in [-0.05, 0) is 65.1 Å². The molecule has 1 aromatic heterocycles. The monoisotopic (exact) mass is 406 g/mol. The van der Waals surface area contributed by atoms with E-state index in [4.69, 9.17) is 13.9 Å². The summed E-state index contributed by atoms with van der Waals surface area (Å²) in [5.41, 5.74) is 4.62. The van der Waals surface area contributed by atoms with Gasteiger partial charge in [-0.25, -0.2) is 5.43 Å². The fourth-order valence-electron chi connectivity index (χ4n) is 2.69. The van der Waals surface area contributed by atoms with E-state index in [1.54, 1.807) is 25.5 Å². The van der Waals surface area contributed by atoms with E-state index in [0.717, 1.165) is 17.1 Å². The number of carbonyl (C=O) groups excluding carboxylic acids is 1. The zero-order valence-corrected chi connectivity index (χ0v) is 17.6. The first kappa shape index (κ1) is 21.2. The van der Waals surface area contributed by atoms with Crippen molar-refractivity contribution >= 4 is 12.1 Å². The van der Waals surface area contributed by atoms with Crippen LogP contribution < -0.4 is 14.9 Å². The van der Waals surface area contributed by atoms with Crippen molar-refractivity contribution < 1.29 is 18.7 Å². The summed E-state index contributed by atoms with van der Waals surface area (Å²) < 4.78 is 16.4. The average molecular weight is 406 g/mol. The lowest BCUT2D eigenvalue weighted by molar-refractivity contribution is 0.0923. The first-order chi connectivity index (χ1) is 14.3. The van der Waals surface area contributed by atoms with Crippen molar-refractivity contribution in [3.05, 3.63) is 83.3 Å². The second-order valence-electron chi connectivity index (χ2n) is 7.80. The smallest absolute Gasteiger partial charge is 0.307 e. The third-order valence-corrected chi connectivity index (χ3v) is 4.48. The molecule has 2 aromatic carbocycles. The molecule has 0 spiro atoms. The average Bonchev–Trinajstić information content (AvgIpc) is 3.21. The van der Waals surface area contributed by atoms with Gasteiger partial charge < -0.3 is 13.9 Å². The molecular weight excluding hydrogens is 380 g/mol. The van der Waals surface area contributed by atoms with Crippen LogP contribution in [0.5, 0.6) is 11.5 Å². The van der Waals surface area contributed by atoms with Crippen LogP contribution in [0, 0.1) is 0 Å². The minimum absolute atomic E-state index is 0.0949. The molecule has 3 rings (SSSR count). The first-order valence-electron chi connectivity index (χ1n) is 9.64. The van der Waals surface area contributed by atoms with E-state index in [1.807, 2.05) is 36.4 Å². The Kier molecular flexibility index (Phi) is 6.57. The maximum Gasteiger partial charge on any atom is 0.307 e. The molecule has 0 aliphatic carbocycles. The van der Waals surface area contributed by atoms with Gasteiger partial charge >= 0.3 is 5.91 Å². The van der Waals surface area contributed by atoms with Gasteiger partial charge in [0.2, 0.25) is 0 Å². The Morgan fingerprint density at radius 2 is 1.67 bits per heavy atom. The zero-order valence-electron chi connectivity index (χ0n) is 17.6. The maximum atomic E-state index is 12.2. The van der Waals surface area contributed by atoms with Crippen molar-refractivity contribution in [2.75, 3.05) is 7.11 Å². The molecule has 6 nitrogen and oxygen atoms in total. The molecule has 0 saturated carbocycles. The topological polar surface area (TPSA) is 73.1 Å². The van der Waals surface area contributed by atoms with Crippen molar-refractivity contribution in [1.82, 2.24) is 5.43 Å². The molecule has 0 saturated heterocycles. The molecule has 6 heteroatoms. The molecule has 3 aromatic rings. The highest BCUT2D eigenvalue weighted by Gasteiger charge is 2.14. The predicted octanol–water partition coefficient (Wildman–Crippen LogP) is 4.93. The fraction of sp³-hybridized carbons (Fsp3) is 0.250. The summed E-state index contributed by atoms with van der Waals surface area (Å²) in [5, 5.41) is 3.95. The normalized spacial score (nSPS) is 11.5. The predicted molar refractivity (Wildman–Crippen MR) is 116 cm³/mol. The van der Waals surface area contributed by atoms with Crippen LogP contribution >= 0.6 is 0 Å². The lowest BCUT2D eigenvalue weighted by Gasteiger charge is -2.19. The quantitative estimate of drug-likeness (QED) is 0.446. The van der Waals surface area contributed by atoms with Crippen molar-refractivity contribution in [2.45, 2.75) is 32.8 Å². The molecule has 0 aliphatic rings. The summed E-state index contributed by atoms with van der Waals surface area (Å²) in [6.07, 6.45) is 1.55. The van der Waals surface area contributed by atoms with Crippen LogP contribution in [0.4, 0.5) is 0 Å². The SMILES string of the molecule is COc1ccc(/C=N\NC(=O)c2ccc(COc3ccc(C(C)(C)C)cc3)o2)cc1. The van der Waals surface area contributed by atoms with Gasteiger partial charge in [-0.15, -0.1) is 0 Å². The largest absolute Gasteiger partial charge is 0.497 e. The molecule has 1 N–H and O–H groups in total. The van der Waals surface area contributed by atoms with E-state index in [1.165, 1.54) is 5.56 Å². The van der Waals surface area contributed by atoms with Crippen LogP contribution in [0.25, 0.3) is 0 Å². The molecule has 0 unspecified atom stereocenters. The Hall–Kier alpha value is -3.54. The van der Waals surface area contributed by atoms with Crippen LogP contribution in [-0.4, -0.2) is 19.2 Å². The van der Waals surface area contributed by atoms with Crippen LogP contribution in [0.3, 0.4) is 0 Å². The van der Waals surface area contributed by atoms with E-state index in [0.29, 0.717) is 5.76 Å². The number of benzene rings is 2. The van der Waals surface area contributed by atoms with Gasteiger partial charge in [0, 0.05) is 0 Å². The van der Waals surface area contributed by atoms with Gasteiger partial charge in [0.1, 0.15) is 23.9 Å². The Bertz CT molecular complexity index is 997. The minimum atomic E-state index is -0.430. The van der Waals surface area contributed by atoms with Crippen LogP contribution in [-0.2, 0) is 12.0 Å². The number of hydrogen-bond acceptors (Lipinski definition) is 5. The van der Waals surface area contributed by atoms with Crippen molar-refractivity contribution in [2.24, 2.45) is 5.10 Å². The number of nitrogens with zero attached hydrogens (tertiary/aromatic N) is 1. The summed E-state index contributed by atoms with van der Waals surface area (Å²) in [4.78, 5) is 12.2. The summed E-state index contributed by atoms with van der Waals surface area (Å²) in [6, 6.07) is 18.6. The van der Waals surface area contributed by atoms with E-state index in [2.05, 4.69) is 43.4 Å². The number of furan rings is 1. The van der Waals surface area contributed by atoms with E-state index >= 15 is 0 Å². The number of hydrogen-bond donors (Lipinski definition) is 1. The maximum absolute atomic E-state index is 12.2. The second-order valence-corrected chi connectivity index (χ2v) is 7.80. The van der Waals surface area contributed by atoms with Crippen molar-refractivity contribution in [3.8, 4) is 11.5 Å². The van der Waals surface area contributed by atoms with E-state index < -0.39 is 5.91 Å².